The Labute approximate surface area is 173 Å². The lowest BCUT2D eigenvalue weighted by molar-refractivity contribution is -0.126. The molecule has 0 spiro atoms. The zero-order valence-electron chi connectivity index (χ0n) is 16.4. The van der Waals surface area contributed by atoms with Crippen LogP contribution in [0.4, 0.5) is 8.78 Å². The first-order valence-corrected chi connectivity index (χ1v) is 9.97. The molecule has 1 fully saturated rings. The number of benzene rings is 2. The summed E-state index contributed by atoms with van der Waals surface area (Å²) in [6.45, 7) is 0.181. The van der Waals surface area contributed by atoms with E-state index in [4.69, 9.17) is 4.74 Å². The van der Waals surface area contributed by atoms with Crippen LogP contribution in [-0.4, -0.2) is 10.9 Å². The molecule has 0 bridgehead atoms. The number of rotatable bonds is 6. The highest BCUT2D eigenvalue weighted by Gasteiger charge is 2.42. The Morgan fingerprint density at radius 1 is 1.07 bits per heavy atom. The van der Waals surface area contributed by atoms with Crippen LogP contribution < -0.4 is 10.1 Å². The van der Waals surface area contributed by atoms with E-state index in [1.165, 1.54) is 30.5 Å². The minimum atomic E-state index is -0.732. The van der Waals surface area contributed by atoms with Gasteiger partial charge in [-0.15, -0.1) is 0 Å². The first kappa shape index (κ1) is 20.0. The molecule has 0 unspecified atom stereocenters. The molecular formula is C24H22F2N2O2. The summed E-state index contributed by atoms with van der Waals surface area (Å²) >= 11 is 0. The molecule has 6 heteroatoms. The fourth-order valence-electron chi connectivity index (χ4n) is 4.03. The van der Waals surface area contributed by atoms with Crippen LogP contribution in [0.5, 0.6) is 11.5 Å². The molecule has 3 aromatic rings. The van der Waals surface area contributed by atoms with E-state index in [1.807, 2.05) is 0 Å². The SMILES string of the molecule is O=C(NCc1ccc(Oc2cccnc2)c(F)c1)C1(c2cccc(F)c2)CCCC1. The van der Waals surface area contributed by atoms with Crippen LogP contribution in [0, 0.1) is 11.6 Å². The van der Waals surface area contributed by atoms with Gasteiger partial charge in [0.25, 0.3) is 0 Å². The molecule has 0 atom stereocenters. The van der Waals surface area contributed by atoms with E-state index in [2.05, 4.69) is 10.3 Å². The Balaban J connectivity index is 1.46. The molecule has 154 valence electrons. The van der Waals surface area contributed by atoms with Crippen LogP contribution in [0.2, 0.25) is 0 Å². The number of ether oxygens (including phenoxy) is 1. The lowest BCUT2D eigenvalue weighted by atomic mass is 9.78. The van der Waals surface area contributed by atoms with Crippen molar-refractivity contribution in [1.82, 2.24) is 10.3 Å². The first-order valence-electron chi connectivity index (χ1n) is 9.97. The summed E-state index contributed by atoms with van der Waals surface area (Å²) in [5.41, 5.74) is 0.583. The molecule has 1 N–H and O–H groups in total. The van der Waals surface area contributed by atoms with Crippen LogP contribution in [0.25, 0.3) is 0 Å². The molecule has 1 amide bonds. The van der Waals surface area contributed by atoms with Crippen molar-refractivity contribution in [2.75, 3.05) is 0 Å². The predicted molar refractivity (Wildman–Crippen MR) is 109 cm³/mol. The maximum absolute atomic E-state index is 14.4. The summed E-state index contributed by atoms with van der Waals surface area (Å²) in [6.07, 6.45) is 6.29. The van der Waals surface area contributed by atoms with Crippen molar-refractivity contribution >= 4 is 5.91 Å². The summed E-state index contributed by atoms with van der Waals surface area (Å²) in [4.78, 5) is 17.0. The highest BCUT2D eigenvalue weighted by atomic mass is 19.1. The molecule has 0 radical (unpaired) electrons. The highest BCUT2D eigenvalue weighted by Crippen LogP contribution is 2.41. The van der Waals surface area contributed by atoms with Crippen LogP contribution in [-0.2, 0) is 16.8 Å². The smallest absolute Gasteiger partial charge is 0.230 e. The normalized spacial score (nSPS) is 15.0. The third-order valence-corrected chi connectivity index (χ3v) is 5.58. The van der Waals surface area contributed by atoms with Crippen LogP contribution >= 0.6 is 0 Å². The highest BCUT2D eigenvalue weighted by molar-refractivity contribution is 5.88. The Morgan fingerprint density at radius 2 is 1.90 bits per heavy atom. The van der Waals surface area contributed by atoms with E-state index >= 15 is 0 Å². The van der Waals surface area contributed by atoms with Gasteiger partial charge in [-0.25, -0.2) is 8.78 Å². The van der Waals surface area contributed by atoms with E-state index in [0.717, 1.165) is 12.8 Å². The predicted octanol–water partition coefficient (Wildman–Crippen LogP) is 5.28. The molecule has 2 aromatic carbocycles. The van der Waals surface area contributed by atoms with E-state index in [1.54, 1.807) is 36.5 Å². The van der Waals surface area contributed by atoms with Crippen molar-refractivity contribution in [1.29, 1.82) is 0 Å². The van der Waals surface area contributed by atoms with Crippen molar-refractivity contribution in [3.63, 3.8) is 0 Å². The van der Waals surface area contributed by atoms with Gasteiger partial charge in [0.15, 0.2) is 11.6 Å². The van der Waals surface area contributed by atoms with Gasteiger partial charge in [0.2, 0.25) is 5.91 Å². The second-order valence-corrected chi connectivity index (χ2v) is 7.54. The van der Waals surface area contributed by atoms with E-state index in [9.17, 15) is 13.6 Å². The van der Waals surface area contributed by atoms with E-state index < -0.39 is 11.2 Å². The molecule has 1 aliphatic carbocycles. The second kappa shape index (κ2) is 8.61. The number of carbonyl (C=O) groups excluding carboxylic acids is 1. The zero-order valence-corrected chi connectivity index (χ0v) is 16.4. The minimum absolute atomic E-state index is 0.0881. The molecule has 1 aliphatic rings. The average Bonchev–Trinajstić information content (AvgIpc) is 3.26. The number of nitrogens with one attached hydrogen (secondary N) is 1. The monoisotopic (exact) mass is 408 g/mol. The van der Waals surface area contributed by atoms with Gasteiger partial charge in [-0.2, -0.15) is 0 Å². The van der Waals surface area contributed by atoms with Crippen molar-refractivity contribution in [3.05, 3.63) is 89.8 Å². The molecule has 4 nitrogen and oxygen atoms in total. The third-order valence-electron chi connectivity index (χ3n) is 5.58. The molecule has 0 saturated heterocycles. The fourth-order valence-corrected chi connectivity index (χ4v) is 4.03. The number of pyridine rings is 1. The summed E-state index contributed by atoms with van der Waals surface area (Å²) < 4.78 is 33.7. The van der Waals surface area contributed by atoms with Crippen molar-refractivity contribution in [2.45, 2.75) is 37.6 Å². The molecule has 0 aliphatic heterocycles. The number of carbonyl (C=O) groups is 1. The van der Waals surface area contributed by atoms with Crippen LogP contribution in [0.1, 0.15) is 36.8 Å². The Bertz CT molecular complexity index is 1030. The Hall–Kier alpha value is -3.28. The van der Waals surface area contributed by atoms with E-state index in [0.29, 0.717) is 29.7 Å². The lowest BCUT2D eigenvalue weighted by Gasteiger charge is -2.28. The number of nitrogens with zero attached hydrogens (tertiary/aromatic N) is 1. The van der Waals surface area contributed by atoms with Gasteiger partial charge < -0.3 is 10.1 Å². The summed E-state index contributed by atoms with van der Waals surface area (Å²) in [5, 5.41) is 2.92. The largest absolute Gasteiger partial charge is 0.453 e. The molecule has 1 saturated carbocycles. The number of halogens is 2. The fraction of sp³-hybridized carbons (Fsp3) is 0.250. The quantitative estimate of drug-likeness (QED) is 0.604. The maximum atomic E-state index is 14.4. The van der Waals surface area contributed by atoms with Gasteiger partial charge >= 0.3 is 0 Å². The van der Waals surface area contributed by atoms with Gasteiger partial charge in [0, 0.05) is 12.7 Å². The molecule has 30 heavy (non-hydrogen) atoms. The molecule has 1 aromatic heterocycles. The van der Waals surface area contributed by atoms with Gasteiger partial charge in [0.1, 0.15) is 11.6 Å². The van der Waals surface area contributed by atoms with Crippen LogP contribution in [0.15, 0.2) is 67.0 Å². The van der Waals surface area contributed by atoms with Crippen molar-refractivity contribution in [3.8, 4) is 11.5 Å². The topological polar surface area (TPSA) is 51.2 Å². The summed E-state index contributed by atoms with van der Waals surface area (Å²) in [7, 11) is 0. The zero-order chi connectivity index (χ0) is 21.0. The molecular weight excluding hydrogens is 386 g/mol. The standard InChI is InChI=1S/C24H22F2N2O2/c25-19-6-3-5-18(14-19)24(10-1-2-11-24)23(29)28-15-17-8-9-22(21(26)13-17)30-20-7-4-12-27-16-20/h3-9,12-14,16H,1-2,10-11,15H2,(H,28,29). The third kappa shape index (κ3) is 4.17. The lowest BCUT2D eigenvalue weighted by Crippen LogP contribution is -2.42. The Kier molecular flexibility index (Phi) is 5.74. The number of hydrogen-bond acceptors (Lipinski definition) is 3. The van der Waals surface area contributed by atoms with E-state index in [-0.39, 0.29) is 24.0 Å². The average molecular weight is 408 g/mol. The maximum Gasteiger partial charge on any atom is 0.230 e. The van der Waals surface area contributed by atoms with Crippen molar-refractivity contribution < 1.29 is 18.3 Å². The summed E-state index contributed by atoms with van der Waals surface area (Å²) in [5.74, 6) is -0.494. The van der Waals surface area contributed by atoms with Gasteiger partial charge in [-0.3, -0.25) is 9.78 Å². The first-order chi connectivity index (χ1) is 14.6. The number of aromatic nitrogens is 1. The van der Waals surface area contributed by atoms with Gasteiger partial charge in [-0.1, -0.05) is 31.0 Å². The summed E-state index contributed by atoms with van der Waals surface area (Å²) in [6, 6.07) is 14.2. The molecule has 1 heterocycles. The van der Waals surface area contributed by atoms with Crippen LogP contribution in [0.3, 0.4) is 0 Å². The molecule has 4 rings (SSSR count). The second-order valence-electron chi connectivity index (χ2n) is 7.54. The number of amides is 1. The Morgan fingerprint density at radius 3 is 2.60 bits per heavy atom. The van der Waals surface area contributed by atoms with Gasteiger partial charge in [0.05, 0.1) is 11.6 Å². The van der Waals surface area contributed by atoms with Gasteiger partial charge in [-0.05, 0) is 60.4 Å². The minimum Gasteiger partial charge on any atom is -0.453 e. The number of hydrogen-bond donors (Lipinski definition) is 1. The van der Waals surface area contributed by atoms with Crippen molar-refractivity contribution in [2.24, 2.45) is 0 Å².